The van der Waals surface area contributed by atoms with E-state index in [9.17, 15) is 9.59 Å². The topological polar surface area (TPSA) is 132 Å². The van der Waals surface area contributed by atoms with Gasteiger partial charge in [-0.1, -0.05) is 18.2 Å². The zero-order valence-corrected chi connectivity index (χ0v) is 17.3. The first kappa shape index (κ1) is 22.5. The van der Waals surface area contributed by atoms with Crippen molar-refractivity contribution in [2.24, 2.45) is 5.73 Å². The van der Waals surface area contributed by atoms with E-state index in [0.717, 1.165) is 16.9 Å². The summed E-state index contributed by atoms with van der Waals surface area (Å²) in [5.41, 5.74) is 10.0. The minimum absolute atomic E-state index is 0.261. The van der Waals surface area contributed by atoms with E-state index in [4.69, 9.17) is 25.2 Å². The first-order valence-corrected chi connectivity index (χ1v) is 10.00. The molecule has 0 radical (unpaired) electrons. The van der Waals surface area contributed by atoms with Crippen molar-refractivity contribution < 1.29 is 29.0 Å². The SMILES string of the molecule is COc1cc2cc(c1)COc1ccccc1NC(=O)[C@@H]([C@H](N)CC(=O)NO)OCCC2. The van der Waals surface area contributed by atoms with Crippen LogP contribution in [0.25, 0.3) is 0 Å². The Morgan fingerprint density at radius 2 is 2.10 bits per heavy atom. The molecule has 2 atom stereocenters. The van der Waals surface area contributed by atoms with E-state index in [0.29, 0.717) is 30.9 Å². The van der Waals surface area contributed by atoms with Gasteiger partial charge in [0.05, 0.1) is 12.8 Å². The second-order valence-electron chi connectivity index (χ2n) is 7.26. The number of carbonyl (C=O) groups excluding carboxylic acids is 2. The van der Waals surface area contributed by atoms with E-state index in [2.05, 4.69) is 5.32 Å². The molecule has 0 aromatic heterocycles. The van der Waals surface area contributed by atoms with E-state index in [1.54, 1.807) is 31.4 Å². The number of fused-ring (bicyclic) bond motifs is 3. The number of hydrogen-bond acceptors (Lipinski definition) is 7. The fourth-order valence-electron chi connectivity index (χ4n) is 3.38. The van der Waals surface area contributed by atoms with Crippen LogP contribution >= 0.6 is 0 Å². The first-order chi connectivity index (χ1) is 15.0. The van der Waals surface area contributed by atoms with Crippen LogP contribution in [0.4, 0.5) is 5.69 Å². The summed E-state index contributed by atoms with van der Waals surface area (Å²) in [6, 6.07) is 12.0. The predicted octanol–water partition coefficient (Wildman–Crippen LogP) is 1.77. The second-order valence-corrected chi connectivity index (χ2v) is 7.26. The first-order valence-electron chi connectivity index (χ1n) is 10.00. The lowest BCUT2D eigenvalue weighted by Gasteiger charge is -2.24. The van der Waals surface area contributed by atoms with Gasteiger partial charge in [0.2, 0.25) is 5.91 Å². The average molecular weight is 429 g/mol. The number of para-hydroxylation sites is 2. The monoisotopic (exact) mass is 429 g/mol. The fraction of sp³-hybridized carbons (Fsp3) is 0.364. The molecular weight excluding hydrogens is 402 g/mol. The molecule has 1 aliphatic heterocycles. The lowest BCUT2D eigenvalue weighted by molar-refractivity contribution is -0.133. The molecular formula is C22H27N3O6. The molecule has 31 heavy (non-hydrogen) atoms. The van der Waals surface area contributed by atoms with E-state index in [-0.39, 0.29) is 13.0 Å². The Labute approximate surface area is 180 Å². The standard InChI is InChI=1S/C22H27N3O6/c1-29-16-10-14-5-4-8-30-21(17(23)12-20(26)25-28)22(27)24-18-6-2-3-7-19(18)31-13-15(9-14)11-16/h2-3,6-7,9-11,17,21,28H,4-5,8,12-13,23H2,1H3,(H,24,27)(H,25,26)/t17-,21-/m1/s1. The molecule has 9 heteroatoms. The molecule has 9 nitrogen and oxygen atoms in total. The van der Waals surface area contributed by atoms with Crippen LogP contribution in [0.15, 0.2) is 42.5 Å². The van der Waals surface area contributed by atoms with Crippen molar-refractivity contribution in [3.63, 3.8) is 0 Å². The maximum atomic E-state index is 12.9. The van der Waals surface area contributed by atoms with Crippen LogP contribution in [0.2, 0.25) is 0 Å². The van der Waals surface area contributed by atoms with E-state index in [1.165, 1.54) is 5.48 Å². The number of rotatable bonds is 4. The summed E-state index contributed by atoms with van der Waals surface area (Å²) in [4.78, 5) is 24.5. The van der Waals surface area contributed by atoms with Gasteiger partial charge >= 0.3 is 0 Å². The zero-order chi connectivity index (χ0) is 22.2. The molecule has 0 fully saturated rings. The Balaban J connectivity index is 1.89. The highest BCUT2D eigenvalue weighted by Gasteiger charge is 2.29. The third-order valence-electron chi connectivity index (χ3n) is 4.90. The maximum absolute atomic E-state index is 12.9. The van der Waals surface area contributed by atoms with E-state index >= 15 is 0 Å². The van der Waals surface area contributed by atoms with Crippen LogP contribution in [0.5, 0.6) is 11.5 Å². The molecule has 3 rings (SSSR count). The minimum Gasteiger partial charge on any atom is -0.497 e. The average Bonchev–Trinajstić information content (AvgIpc) is 2.77. The Hall–Kier alpha value is -3.14. The zero-order valence-electron chi connectivity index (χ0n) is 17.3. The number of methoxy groups -OCH3 is 1. The van der Waals surface area contributed by atoms with Crippen molar-refractivity contribution in [2.75, 3.05) is 19.0 Å². The molecule has 1 aliphatic rings. The molecule has 1 heterocycles. The molecule has 166 valence electrons. The fourth-order valence-corrected chi connectivity index (χ4v) is 3.38. The van der Waals surface area contributed by atoms with Gasteiger partial charge in [0, 0.05) is 19.1 Å². The van der Waals surface area contributed by atoms with Gasteiger partial charge < -0.3 is 25.3 Å². The van der Waals surface area contributed by atoms with E-state index < -0.39 is 24.0 Å². The summed E-state index contributed by atoms with van der Waals surface area (Å²) < 4.78 is 17.1. The van der Waals surface area contributed by atoms with Crippen LogP contribution in [-0.4, -0.2) is 42.9 Å². The van der Waals surface area contributed by atoms with Crippen LogP contribution < -0.4 is 26.0 Å². The van der Waals surface area contributed by atoms with Gasteiger partial charge in [-0.05, 0) is 48.2 Å². The van der Waals surface area contributed by atoms with Crippen LogP contribution in [-0.2, 0) is 27.4 Å². The number of carbonyl (C=O) groups is 2. The summed E-state index contributed by atoms with van der Waals surface area (Å²) in [7, 11) is 1.62. The minimum atomic E-state index is -1.09. The molecule has 2 aromatic carbocycles. The van der Waals surface area contributed by atoms with Gasteiger partial charge in [-0.3, -0.25) is 14.8 Å². The van der Waals surface area contributed by atoms with Crippen LogP contribution in [0.1, 0.15) is 24.0 Å². The summed E-state index contributed by atoms with van der Waals surface area (Å²) in [5, 5.41) is 11.6. The number of ether oxygens (including phenoxy) is 3. The van der Waals surface area contributed by atoms with Crippen LogP contribution in [0.3, 0.4) is 0 Å². The molecule has 0 saturated carbocycles. The third kappa shape index (κ3) is 6.17. The summed E-state index contributed by atoms with van der Waals surface area (Å²) in [6.07, 6.45) is -0.0330. The number of hydrogen-bond donors (Lipinski definition) is 4. The smallest absolute Gasteiger partial charge is 0.255 e. The molecule has 0 saturated heterocycles. The lowest BCUT2D eigenvalue weighted by Crippen LogP contribution is -2.47. The van der Waals surface area contributed by atoms with Crippen molar-refractivity contribution in [3.05, 3.63) is 53.6 Å². The van der Waals surface area contributed by atoms with Gasteiger partial charge in [-0.2, -0.15) is 0 Å². The molecule has 5 N–H and O–H groups in total. The van der Waals surface area contributed by atoms with Crippen molar-refractivity contribution in [1.29, 1.82) is 0 Å². The highest BCUT2D eigenvalue weighted by molar-refractivity contribution is 5.96. The van der Waals surface area contributed by atoms with Gasteiger partial charge in [0.1, 0.15) is 18.1 Å². The summed E-state index contributed by atoms with van der Waals surface area (Å²) in [5.74, 6) is 0.0285. The molecule has 2 aromatic rings. The maximum Gasteiger partial charge on any atom is 0.255 e. The Bertz CT molecular complexity index is 920. The molecule has 2 amide bonds. The Morgan fingerprint density at radius 1 is 1.32 bits per heavy atom. The molecule has 0 unspecified atom stereocenters. The van der Waals surface area contributed by atoms with Gasteiger partial charge in [-0.15, -0.1) is 0 Å². The molecule has 0 spiro atoms. The van der Waals surface area contributed by atoms with Crippen molar-refractivity contribution in [3.8, 4) is 11.5 Å². The number of amides is 2. The largest absolute Gasteiger partial charge is 0.497 e. The van der Waals surface area contributed by atoms with Crippen molar-refractivity contribution >= 4 is 17.5 Å². The van der Waals surface area contributed by atoms with Crippen molar-refractivity contribution in [1.82, 2.24) is 5.48 Å². The van der Waals surface area contributed by atoms with Gasteiger partial charge in [0.15, 0.2) is 6.10 Å². The Morgan fingerprint density at radius 3 is 2.87 bits per heavy atom. The number of nitrogens with two attached hydrogens (primary N) is 1. The lowest BCUT2D eigenvalue weighted by atomic mass is 10.1. The Kier molecular flexibility index (Phi) is 7.82. The number of aryl methyl sites for hydroxylation is 1. The summed E-state index contributed by atoms with van der Waals surface area (Å²) >= 11 is 0. The number of nitrogens with one attached hydrogen (secondary N) is 2. The number of benzene rings is 2. The highest BCUT2D eigenvalue weighted by Crippen LogP contribution is 2.27. The molecule has 0 aliphatic carbocycles. The van der Waals surface area contributed by atoms with Crippen molar-refractivity contribution in [2.45, 2.75) is 38.0 Å². The summed E-state index contributed by atoms with van der Waals surface area (Å²) in [6.45, 7) is 0.560. The number of hydroxylamine groups is 1. The van der Waals surface area contributed by atoms with Crippen LogP contribution in [0, 0.1) is 0 Å². The number of anilines is 1. The van der Waals surface area contributed by atoms with E-state index in [1.807, 2.05) is 18.2 Å². The molecule has 2 bridgehead atoms. The third-order valence-corrected chi connectivity index (χ3v) is 4.90. The van der Waals surface area contributed by atoms with Gasteiger partial charge in [0.25, 0.3) is 5.91 Å². The quantitative estimate of drug-likeness (QED) is 0.430. The predicted molar refractivity (Wildman–Crippen MR) is 113 cm³/mol. The normalized spacial score (nSPS) is 17.9. The highest BCUT2D eigenvalue weighted by atomic mass is 16.5. The second kappa shape index (κ2) is 10.8. The van der Waals surface area contributed by atoms with Gasteiger partial charge in [-0.25, -0.2) is 5.48 Å².